The van der Waals surface area contributed by atoms with Crippen LogP contribution < -0.4 is 27.9 Å². The van der Waals surface area contributed by atoms with E-state index in [1.54, 1.807) is 21.3 Å². The summed E-state index contributed by atoms with van der Waals surface area (Å²) in [5.74, 6) is 3.92. The number of nitrogens with zero attached hydrogens (tertiary/aromatic N) is 6. The molecule has 9 nitrogen and oxygen atoms in total. The zero-order valence-electron chi connectivity index (χ0n) is 30.2. The molecular weight excluding hydrogens is 673 g/mol. The van der Waals surface area contributed by atoms with Crippen LogP contribution in [0.15, 0.2) is 146 Å². The fraction of sp³-hybridized carbons (Fsp3) is 0.0667. The van der Waals surface area contributed by atoms with Crippen LogP contribution in [-0.4, -0.2) is 36.3 Å². The molecule has 7 aromatic rings. The normalized spacial score (nSPS) is 11.4. The molecule has 0 atom stereocenters. The number of hydrogen-bond donors (Lipinski definition) is 0. The van der Waals surface area contributed by atoms with E-state index in [0.29, 0.717) is 17.8 Å². The smallest absolute Gasteiger partial charge is 0.449 e. The molecule has 0 aliphatic rings. The Kier molecular flexibility index (Phi) is 11.0. The molecule has 0 fully saturated rings. The van der Waals surface area contributed by atoms with Crippen molar-refractivity contribution in [3.8, 4) is 35.1 Å². The highest BCUT2D eigenvalue weighted by atomic mass is 16.5. The lowest BCUT2D eigenvalue weighted by Crippen LogP contribution is -2.42. The predicted octanol–water partition coefficient (Wildman–Crippen LogP) is 7.24. The average Bonchev–Trinajstić information content (AvgIpc) is 3.25. The van der Waals surface area contributed by atoms with Gasteiger partial charge < -0.3 is 14.2 Å². The standard InChI is InChI=1S/C45H39N6O3/c1-52-40-16-10-34(11-17-40)4-7-37-22-28-49(29-23-37)43-46-44(50-30-24-38(25-31-50)8-5-35-12-18-41(53-2)19-13-35)48-45(47-43)51-32-26-39(27-33-51)9-6-36-14-20-42(54-3)21-15-36/h4-33H,1-3H3/q+3/b7-4+,8-5+,9-6+. The summed E-state index contributed by atoms with van der Waals surface area (Å²) in [6, 6.07) is 36.0. The van der Waals surface area contributed by atoms with Gasteiger partial charge in [0.05, 0.1) is 58.5 Å². The molecule has 0 unspecified atom stereocenters. The Balaban J connectivity index is 1.16. The van der Waals surface area contributed by atoms with Gasteiger partial charge in [-0.2, -0.15) is 0 Å². The molecule has 4 aromatic heterocycles. The van der Waals surface area contributed by atoms with Crippen molar-refractivity contribution < 1.29 is 27.9 Å². The Bertz CT molecular complexity index is 2100. The first kappa shape index (κ1) is 35.2. The summed E-state index contributed by atoms with van der Waals surface area (Å²) in [7, 11) is 5.00. The van der Waals surface area contributed by atoms with Gasteiger partial charge in [0.25, 0.3) is 0 Å². The lowest BCUT2D eigenvalue weighted by molar-refractivity contribution is -0.629. The average molecular weight is 712 g/mol. The maximum Gasteiger partial charge on any atom is 0.449 e. The van der Waals surface area contributed by atoms with Crippen molar-refractivity contribution in [1.82, 2.24) is 15.0 Å². The molecular formula is C45H39N6O3+3. The number of hydrogen-bond acceptors (Lipinski definition) is 6. The molecule has 0 aliphatic carbocycles. The van der Waals surface area contributed by atoms with Crippen LogP contribution in [0.25, 0.3) is 54.3 Å². The summed E-state index contributed by atoms with van der Waals surface area (Å²) in [4.78, 5) is 14.6. The monoisotopic (exact) mass is 711 g/mol. The molecule has 0 N–H and O–H groups in total. The van der Waals surface area contributed by atoms with Crippen molar-refractivity contribution in [1.29, 1.82) is 0 Å². The number of aromatic nitrogens is 6. The third-order valence-electron chi connectivity index (χ3n) is 8.61. The van der Waals surface area contributed by atoms with Crippen molar-refractivity contribution in [3.05, 3.63) is 180 Å². The fourth-order valence-electron chi connectivity index (χ4n) is 5.46. The van der Waals surface area contributed by atoms with E-state index in [1.165, 1.54) is 0 Å². The van der Waals surface area contributed by atoms with Gasteiger partial charge in [-0.3, -0.25) is 0 Å². The maximum absolute atomic E-state index is 5.27. The van der Waals surface area contributed by atoms with Gasteiger partial charge in [0, 0.05) is 15.0 Å². The topological polar surface area (TPSA) is 78.0 Å². The summed E-state index contributed by atoms with van der Waals surface area (Å²) >= 11 is 0. The first-order chi connectivity index (χ1) is 26.5. The molecule has 0 bridgehead atoms. The van der Waals surface area contributed by atoms with Gasteiger partial charge in [-0.15, -0.1) is 0 Å². The first-order valence-corrected chi connectivity index (χ1v) is 17.3. The van der Waals surface area contributed by atoms with Gasteiger partial charge >= 0.3 is 17.8 Å². The summed E-state index contributed by atoms with van der Waals surface area (Å²) in [5, 5.41) is 0. The van der Waals surface area contributed by atoms with Gasteiger partial charge in [0.1, 0.15) is 17.2 Å². The molecule has 54 heavy (non-hydrogen) atoms. The SMILES string of the molecule is COc1ccc(/C=C/c2cc[n+](-c3nc(-[n+]4ccc(/C=C/c5ccc(OC)cc5)cc4)nc(-[n+]4ccc(/C=C/c5ccc(OC)cc5)cc4)n3)cc2)cc1. The zero-order chi connectivity index (χ0) is 37.1. The number of methoxy groups -OCH3 is 3. The first-order valence-electron chi connectivity index (χ1n) is 17.3. The third-order valence-corrected chi connectivity index (χ3v) is 8.61. The summed E-state index contributed by atoms with van der Waals surface area (Å²) in [5.41, 5.74) is 6.36. The zero-order valence-corrected chi connectivity index (χ0v) is 30.2. The van der Waals surface area contributed by atoms with E-state index in [9.17, 15) is 0 Å². The van der Waals surface area contributed by atoms with Crippen LogP contribution in [0, 0.1) is 0 Å². The minimum atomic E-state index is 0.479. The Morgan fingerprint density at radius 1 is 0.315 bits per heavy atom. The van der Waals surface area contributed by atoms with Gasteiger partial charge in [0.2, 0.25) is 0 Å². The molecule has 3 aromatic carbocycles. The minimum absolute atomic E-state index is 0.479. The van der Waals surface area contributed by atoms with E-state index in [0.717, 1.165) is 50.6 Å². The molecule has 4 heterocycles. The number of pyridine rings is 3. The van der Waals surface area contributed by atoms with E-state index in [-0.39, 0.29) is 0 Å². The van der Waals surface area contributed by atoms with Crippen molar-refractivity contribution in [3.63, 3.8) is 0 Å². The molecule has 264 valence electrons. The highest BCUT2D eigenvalue weighted by Gasteiger charge is 2.26. The molecule has 9 heteroatoms. The number of benzene rings is 3. The molecule has 0 aliphatic heterocycles. The van der Waals surface area contributed by atoms with Crippen molar-refractivity contribution in [2.24, 2.45) is 0 Å². The number of ether oxygens (including phenoxy) is 3. The molecule has 0 saturated heterocycles. The van der Waals surface area contributed by atoms with Crippen LogP contribution in [0.5, 0.6) is 17.2 Å². The van der Waals surface area contributed by atoms with E-state index in [1.807, 2.05) is 160 Å². The summed E-state index contributed by atoms with van der Waals surface area (Å²) in [6.07, 6.45) is 24.1. The van der Waals surface area contributed by atoms with E-state index >= 15 is 0 Å². The molecule has 0 amide bonds. The second kappa shape index (κ2) is 16.8. The Hall–Kier alpha value is -7.26. The van der Waals surface area contributed by atoms with E-state index in [2.05, 4.69) is 36.5 Å². The molecule has 0 radical (unpaired) electrons. The van der Waals surface area contributed by atoms with Crippen LogP contribution in [0.2, 0.25) is 0 Å². The lowest BCUT2D eigenvalue weighted by Gasteiger charge is -2.02. The second-order valence-electron chi connectivity index (χ2n) is 12.2. The quantitative estimate of drug-likeness (QED) is 0.125. The third kappa shape index (κ3) is 8.96. The lowest BCUT2D eigenvalue weighted by atomic mass is 10.1. The van der Waals surface area contributed by atoms with Crippen LogP contribution in [0.4, 0.5) is 0 Å². The molecule has 7 rings (SSSR count). The van der Waals surface area contributed by atoms with Crippen LogP contribution in [-0.2, 0) is 0 Å². The van der Waals surface area contributed by atoms with Crippen molar-refractivity contribution in [2.45, 2.75) is 0 Å². The fourth-order valence-corrected chi connectivity index (χ4v) is 5.46. The van der Waals surface area contributed by atoms with Crippen molar-refractivity contribution in [2.75, 3.05) is 21.3 Å². The van der Waals surface area contributed by atoms with Gasteiger partial charge in [-0.25, -0.2) is 13.7 Å². The Labute approximate surface area is 314 Å². The highest BCUT2D eigenvalue weighted by Crippen LogP contribution is 2.16. The molecule has 0 saturated carbocycles. The Morgan fingerprint density at radius 2 is 0.519 bits per heavy atom. The summed E-state index contributed by atoms with van der Waals surface area (Å²) < 4.78 is 21.5. The predicted molar refractivity (Wildman–Crippen MR) is 210 cm³/mol. The van der Waals surface area contributed by atoms with Crippen molar-refractivity contribution >= 4 is 36.5 Å². The molecule has 0 spiro atoms. The highest BCUT2D eigenvalue weighted by molar-refractivity contribution is 5.71. The largest absolute Gasteiger partial charge is 0.497 e. The van der Waals surface area contributed by atoms with Crippen LogP contribution in [0.3, 0.4) is 0 Å². The van der Waals surface area contributed by atoms with Crippen LogP contribution >= 0.6 is 0 Å². The van der Waals surface area contributed by atoms with Gasteiger partial charge in [0.15, 0.2) is 0 Å². The van der Waals surface area contributed by atoms with E-state index < -0.39 is 0 Å². The number of rotatable bonds is 12. The maximum atomic E-state index is 5.27. The van der Waals surface area contributed by atoms with Gasteiger partial charge in [-0.05, 0) is 106 Å². The Morgan fingerprint density at radius 3 is 0.722 bits per heavy atom. The minimum Gasteiger partial charge on any atom is -0.497 e. The van der Waals surface area contributed by atoms with Gasteiger partial charge in [-0.1, -0.05) is 72.9 Å². The second-order valence-corrected chi connectivity index (χ2v) is 12.2. The van der Waals surface area contributed by atoms with E-state index in [4.69, 9.17) is 29.2 Å². The van der Waals surface area contributed by atoms with Crippen LogP contribution in [0.1, 0.15) is 33.4 Å². The summed E-state index contributed by atoms with van der Waals surface area (Å²) in [6.45, 7) is 0.